The molecule has 3 aromatic rings. The number of amides is 1. The topological polar surface area (TPSA) is 95.8 Å². The highest BCUT2D eigenvalue weighted by molar-refractivity contribution is 5.92. The van der Waals surface area contributed by atoms with Gasteiger partial charge in [0.05, 0.1) is 12.2 Å². The van der Waals surface area contributed by atoms with Crippen molar-refractivity contribution >= 4 is 5.91 Å². The lowest BCUT2D eigenvalue weighted by atomic mass is 9.98. The van der Waals surface area contributed by atoms with E-state index in [-0.39, 0.29) is 29.4 Å². The molecule has 0 unspecified atom stereocenters. The van der Waals surface area contributed by atoms with Crippen molar-refractivity contribution in [1.29, 1.82) is 0 Å². The minimum absolute atomic E-state index is 0.0222. The molecule has 0 aliphatic carbocycles. The number of rotatable bonds is 9. The highest BCUT2D eigenvalue weighted by atomic mass is 16.5. The number of hydrogen-bond donors (Lipinski definition) is 2. The molecule has 1 fully saturated rings. The van der Waals surface area contributed by atoms with Gasteiger partial charge in [-0.3, -0.25) is 14.3 Å². The summed E-state index contributed by atoms with van der Waals surface area (Å²) in [6.07, 6.45) is 0. The Hall–Kier alpha value is -3.43. The molecule has 1 aliphatic rings. The monoisotopic (exact) mass is 520 g/mol. The first-order chi connectivity index (χ1) is 18.2. The molecule has 2 heterocycles. The third-order valence-corrected chi connectivity index (χ3v) is 6.77. The van der Waals surface area contributed by atoms with Crippen LogP contribution in [0.2, 0.25) is 0 Å². The number of nitrogens with one attached hydrogen (secondary N) is 1. The van der Waals surface area contributed by atoms with E-state index in [4.69, 9.17) is 4.74 Å². The van der Waals surface area contributed by atoms with Gasteiger partial charge in [0, 0.05) is 50.5 Å². The minimum atomic E-state index is -0.324. The lowest BCUT2D eigenvalue weighted by molar-refractivity contribution is 0.0930. The van der Waals surface area contributed by atoms with Crippen molar-refractivity contribution in [3.05, 3.63) is 53.3 Å². The maximum Gasteiger partial charge on any atom is 0.289 e. The van der Waals surface area contributed by atoms with Crippen LogP contribution in [0.1, 0.15) is 62.3 Å². The van der Waals surface area contributed by atoms with Crippen molar-refractivity contribution in [1.82, 2.24) is 29.9 Å². The van der Waals surface area contributed by atoms with Crippen LogP contribution in [0.15, 0.2) is 36.4 Å². The van der Waals surface area contributed by atoms with E-state index in [1.807, 2.05) is 39.0 Å². The average Bonchev–Trinajstić information content (AvgIpc) is 3.31. The lowest BCUT2D eigenvalue weighted by Gasteiger charge is -2.32. The van der Waals surface area contributed by atoms with Gasteiger partial charge >= 0.3 is 0 Å². The Labute approximate surface area is 225 Å². The quantitative estimate of drug-likeness (QED) is 0.440. The van der Waals surface area contributed by atoms with E-state index in [0.717, 1.165) is 44.0 Å². The van der Waals surface area contributed by atoms with Crippen molar-refractivity contribution in [3.63, 3.8) is 0 Å². The van der Waals surface area contributed by atoms with Crippen molar-refractivity contribution in [2.24, 2.45) is 0 Å². The van der Waals surface area contributed by atoms with Gasteiger partial charge in [0.25, 0.3) is 5.91 Å². The summed E-state index contributed by atoms with van der Waals surface area (Å²) < 4.78 is 7.50. The maximum absolute atomic E-state index is 13.1. The summed E-state index contributed by atoms with van der Waals surface area (Å²) in [6, 6.07) is 11.6. The summed E-state index contributed by atoms with van der Waals surface area (Å²) in [6.45, 7) is 15.5. The zero-order valence-corrected chi connectivity index (χ0v) is 23.4. The summed E-state index contributed by atoms with van der Waals surface area (Å²) in [5.41, 5.74) is 3.40. The van der Waals surface area contributed by atoms with Crippen LogP contribution in [-0.4, -0.2) is 81.5 Å². The summed E-state index contributed by atoms with van der Waals surface area (Å²) in [4.78, 5) is 17.9. The van der Waals surface area contributed by atoms with E-state index in [1.54, 1.807) is 10.6 Å². The third-order valence-electron chi connectivity index (χ3n) is 6.77. The van der Waals surface area contributed by atoms with Crippen LogP contribution in [-0.2, 0) is 6.54 Å². The second kappa shape index (κ2) is 12.0. The molecule has 2 N–H and O–H groups in total. The summed E-state index contributed by atoms with van der Waals surface area (Å²) in [5.74, 6) is 1.06. The van der Waals surface area contributed by atoms with E-state index in [1.165, 1.54) is 5.56 Å². The van der Waals surface area contributed by atoms with Gasteiger partial charge in [0.2, 0.25) is 5.82 Å². The van der Waals surface area contributed by atoms with E-state index in [2.05, 4.69) is 58.3 Å². The molecule has 9 heteroatoms. The normalized spacial score (nSPS) is 14.8. The Morgan fingerprint density at radius 2 is 1.74 bits per heavy atom. The zero-order valence-electron chi connectivity index (χ0n) is 23.4. The number of nitrogens with zero attached hydrogens (tertiary/aromatic N) is 5. The molecule has 0 radical (unpaired) electrons. The van der Waals surface area contributed by atoms with Crippen molar-refractivity contribution in [2.75, 3.05) is 39.8 Å². The Balaban J connectivity index is 1.75. The van der Waals surface area contributed by atoms with Gasteiger partial charge < -0.3 is 20.1 Å². The molecule has 1 aromatic heterocycles. The van der Waals surface area contributed by atoms with Crippen molar-refractivity contribution in [2.45, 2.75) is 53.1 Å². The first-order valence-corrected chi connectivity index (χ1v) is 13.4. The van der Waals surface area contributed by atoms with Crippen molar-refractivity contribution in [3.8, 4) is 28.6 Å². The highest BCUT2D eigenvalue weighted by Gasteiger charge is 2.25. The third kappa shape index (κ3) is 6.16. The fraction of sp³-hybridized carbons (Fsp3) is 0.483. The van der Waals surface area contributed by atoms with E-state index in [9.17, 15) is 9.90 Å². The first kappa shape index (κ1) is 27.6. The lowest BCUT2D eigenvalue weighted by Crippen LogP contribution is -2.43. The molecular weight excluding hydrogens is 480 g/mol. The minimum Gasteiger partial charge on any atom is -0.507 e. The Morgan fingerprint density at radius 3 is 2.34 bits per heavy atom. The molecule has 2 aromatic carbocycles. The van der Waals surface area contributed by atoms with Gasteiger partial charge in [0.15, 0.2) is 5.82 Å². The van der Waals surface area contributed by atoms with Crippen LogP contribution in [0.25, 0.3) is 17.1 Å². The smallest absolute Gasteiger partial charge is 0.289 e. The molecular formula is C29H40N6O3. The zero-order chi connectivity index (χ0) is 27.4. The SMILES string of the molecule is CCOc1cc(O)c(-c2nnc(C(=O)NC(C)C)n2-c2ccc(CN3CCN(C)CC3)cc2)cc1C(C)C. The maximum atomic E-state index is 13.1. The summed E-state index contributed by atoms with van der Waals surface area (Å²) in [7, 11) is 2.15. The predicted octanol–water partition coefficient (Wildman–Crippen LogP) is 4.05. The van der Waals surface area contributed by atoms with Gasteiger partial charge in [-0.25, -0.2) is 0 Å². The second-order valence-corrected chi connectivity index (χ2v) is 10.6. The number of carbonyl (C=O) groups excluding carboxylic acids is 1. The largest absolute Gasteiger partial charge is 0.507 e. The molecule has 1 saturated heterocycles. The van der Waals surface area contributed by atoms with Gasteiger partial charge in [-0.2, -0.15) is 0 Å². The number of carbonyl (C=O) groups is 1. The number of aromatic nitrogens is 3. The van der Waals surface area contributed by atoms with E-state index < -0.39 is 0 Å². The number of piperazine rings is 1. The van der Waals surface area contributed by atoms with Crippen LogP contribution in [0.3, 0.4) is 0 Å². The number of benzene rings is 2. The number of phenols is 1. The molecule has 0 bridgehead atoms. The molecule has 4 rings (SSSR count). The van der Waals surface area contributed by atoms with Gasteiger partial charge in [0.1, 0.15) is 11.5 Å². The number of hydrogen-bond acceptors (Lipinski definition) is 7. The Morgan fingerprint density at radius 1 is 1.05 bits per heavy atom. The predicted molar refractivity (Wildman–Crippen MR) is 149 cm³/mol. The average molecular weight is 521 g/mol. The number of likely N-dealkylation sites (N-methyl/N-ethyl adjacent to an activating group) is 1. The first-order valence-electron chi connectivity index (χ1n) is 13.4. The molecule has 1 amide bonds. The second-order valence-electron chi connectivity index (χ2n) is 10.6. The summed E-state index contributed by atoms with van der Waals surface area (Å²) in [5, 5.41) is 22.6. The van der Waals surface area contributed by atoms with Crippen LogP contribution in [0.5, 0.6) is 11.5 Å². The molecule has 0 spiro atoms. The van der Waals surface area contributed by atoms with Gasteiger partial charge in [-0.15, -0.1) is 10.2 Å². The fourth-order valence-corrected chi connectivity index (χ4v) is 4.69. The summed E-state index contributed by atoms with van der Waals surface area (Å²) >= 11 is 0. The molecule has 0 atom stereocenters. The molecule has 0 saturated carbocycles. The van der Waals surface area contributed by atoms with Crippen molar-refractivity contribution < 1.29 is 14.6 Å². The molecule has 204 valence electrons. The molecule has 38 heavy (non-hydrogen) atoms. The molecule has 9 nitrogen and oxygen atoms in total. The number of ether oxygens (including phenoxy) is 1. The van der Waals surface area contributed by atoms with E-state index in [0.29, 0.717) is 23.7 Å². The van der Waals surface area contributed by atoms with E-state index >= 15 is 0 Å². The molecule has 1 aliphatic heterocycles. The van der Waals surface area contributed by atoms with Crippen LogP contribution in [0.4, 0.5) is 0 Å². The van der Waals surface area contributed by atoms with Gasteiger partial charge in [-0.1, -0.05) is 26.0 Å². The fourth-order valence-electron chi connectivity index (χ4n) is 4.69. The van der Waals surface area contributed by atoms with Crippen LogP contribution in [0, 0.1) is 0 Å². The number of aromatic hydroxyl groups is 1. The number of phenolic OH excluding ortho intramolecular Hbond substituents is 1. The van der Waals surface area contributed by atoms with Gasteiger partial charge in [-0.05, 0) is 63.1 Å². The Kier molecular flexibility index (Phi) is 8.69. The Bertz CT molecular complexity index is 1240. The van der Waals surface area contributed by atoms with Crippen LogP contribution < -0.4 is 10.1 Å². The standard InChI is InChI=1S/C29H40N6O3/c1-7-38-26-17-25(36)24(16-23(26)19(2)3)27-31-32-28(29(37)30-20(4)5)35(27)22-10-8-21(9-11-22)18-34-14-12-33(6)13-15-34/h8-11,16-17,19-20,36H,7,12-15,18H2,1-6H3,(H,30,37). The van der Waals surface area contributed by atoms with Crippen LogP contribution >= 0.6 is 0 Å². The highest BCUT2D eigenvalue weighted by Crippen LogP contribution is 2.39.